The highest BCUT2D eigenvalue weighted by Crippen LogP contribution is 2.10. The molecule has 0 aliphatic carbocycles. The minimum atomic E-state index is -0.304. The lowest BCUT2D eigenvalue weighted by molar-refractivity contribution is -0.120. The van der Waals surface area contributed by atoms with Gasteiger partial charge in [-0.3, -0.25) is 9.59 Å². The lowest BCUT2D eigenvalue weighted by Crippen LogP contribution is -2.38. The summed E-state index contributed by atoms with van der Waals surface area (Å²) in [5, 5.41) is 8.46. The van der Waals surface area contributed by atoms with E-state index < -0.39 is 0 Å². The average molecular weight is 292 g/mol. The van der Waals surface area contributed by atoms with Crippen molar-refractivity contribution in [1.82, 2.24) is 15.6 Å². The molecule has 0 aromatic carbocycles. The standard InChI is InChI=1S/C15H24N4O2/c1-4-7-16-14-12(6-5-8-17-14)15(21)19-10-13(20)18-9-11(2)3/h5-6,8,11H,4,7,9-10H2,1-3H3,(H,16,17)(H,18,20)(H,19,21). The number of carbonyl (C=O) groups excluding carboxylic acids is 2. The van der Waals surface area contributed by atoms with E-state index in [1.165, 1.54) is 0 Å². The average Bonchev–Trinajstić information content (AvgIpc) is 2.48. The van der Waals surface area contributed by atoms with Crippen LogP contribution in [-0.4, -0.2) is 36.4 Å². The zero-order valence-electron chi connectivity index (χ0n) is 12.9. The molecule has 0 radical (unpaired) electrons. The highest BCUT2D eigenvalue weighted by molar-refractivity contribution is 6.00. The Morgan fingerprint density at radius 2 is 2.05 bits per heavy atom. The van der Waals surface area contributed by atoms with Crippen molar-refractivity contribution >= 4 is 17.6 Å². The monoisotopic (exact) mass is 292 g/mol. The van der Waals surface area contributed by atoms with Crippen LogP contribution in [0, 0.1) is 5.92 Å². The summed E-state index contributed by atoms with van der Waals surface area (Å²) in [5.41, 5.74) is 0.447. The van der Waals surface area contributed by atoms with Crippen LogP contribution in [0.2, 0.25) is 0 Å². The van der Waals surface area contributed by atoms with Crippen LogP contribution in [-0.2, 0) is 4.79 Å². The van der Waals surface area contributed by atoms with Gasteiger partial charge in [-0.2, -0.15) is 0 Å². The normalized spacial score (nSPS) is 10.3. The molecule has 0 aliphatic rings. The Morgan fingerprint density at radius 3 is 2.71 bits per heavy atom. The number of pyridine rings is 1. The number of anilines is 1. The summed E-state index contributed by atoms with van der Waals surface area (Å²) >= 11 is 0. The fraction of sp³-hybridized carbons (Fsp3) is 0.533. The first kappa shape index (κ1) is 16.9. The van der Waals surface area contributed by atoms with Gasteiger partial charge < -0.3 is 16.0 Å². The van der Waals surface area contributed by atoms with Crippen molar-refractivity contribution in [2.24, 2.45) is 5.92 Å². The molecule has 0 bridgehead atoms. The van der Waals surface area contributed by atoms with Gasteiger partial charge in [0.15, 0.2) is 0 Å². The summed E-state index contributed by atoms with van der Waals surface area (Å²) in [6.45, 7) is 7.37. The van der Waals surface area contributed by atoms with Gasteiger partial charge in [0.1, 0.15) is 5.82 Å². The van der Waals surface area contributed by atoms with Crippen molar-refractivity contribution in [3.8, 4) is 0 Å². The van der Waals surface area contributed by atoms with E-state index in [0.29, 0.717) is 23.8 Å². The third-order valence-electron chi connectivity index (χ3n) is 2.71. The Morgan fingerprint density at radius 1 is 1.29 bits per heavy atom. The Balaban J connectivity index is 2.53. The minimum absolute atomic E-state index is 0.0341. The van der Waals surface area contributed by atoms with E-state index in [4.69, 9.17) is 0 Å². The molecule has 0 aliphatic heterocycles. The molecule has 0 atom stereocenters. The van der Waals surface area contributed by atoms with Crippen LogP contribution in [0.1, 0.15) is 37.6 Å². The Hall–Kier alpha value is -2.11. The van der Waals surface area contributed by atoms with Crippen LogP contribution >= 0.6 is 0 Å². The molecular formula is C15H24N4O2. The first-order valence-corrected chi connectivity index (χ1v) is 7.28. The first-order chi connectivity index (χ1) is 10.0. The van der Waals surface area contributed by atoms with Gasteiger partial charge in [0.05, 0.1) is 12.1 Å². The number of nitrogens with zero attached hydrogens (tertiary/aromatic N) is 1. The summed E-state index contributed by atoms with van der Waals surface area (Å²) < 4.78 is 0. The quantitative estimate of drug-likeness (QED) is 0.676. The van der Waals surface area contributed by atoms with Crippen molar-refractivity contribution in [1.29, 1.82) is 0 Å². The number of amides is 2. The molecule has 116 valence electrons. The van der Waals surface area contributed by atoms with Crippen molar-refractivity contribution in [3.63, 3.8) is 0 Å². The number of hydrogen-bond acceptors (Lipinski definition) is 4. The summed E-state index contributed by atoms with van der Waals surface area (Å²) in [6, 6.07) is 3.39. The number of hydrogen-bond donors (Lipinski definition) is 3. The fourth-order valence-electron chi connectivity index (χ4n) is 1.61. The van der Waals surface area contributed by atoms with Gasteiger partial charge in [-0.15, -0.1) is 0 Å². The smallest absolute Gasteiger partial charge is 0.255 e. The third-order valence-corrected chi connectivity index (χ3v) is 2.71. The molecule has 1 heterocycles. The van der Waals surface area contributed by atoms with Crippen LogP contribution < -0.4 is 16.0 Å². The molecular weight excluding hydrogens is 268 g/mol. The predicted molar refractivity (Wildman–Crippen MR) is 83.2 cm³/mol. The zero-order valence-corrected chi connectivity index (χ0v) is 12.9. The maximum atomic E-state index is 12.1. The van der Waals surface area contributed by atoms with Gasteiger partial charge in [0, 0.05) is 19.3 Å². The molecule has 0 unspecified atom stereocenters. The van der Waals surface area contributed by atoms with E-state index in [1.807, 2.05) is 20.8 Å². The van der Waals surface area contributed by atoms with E-state index in [9.17, 15) is 9.59 Å². The van der Waals surface area contributed by atoms with Crippen molar-refractivity contribution in [3.05, 3.63) is 23.9 Å². The lowest BCUT2D eigenvalue weighted by Gasteiger charge is -2.11. The molecule has 1 aromatic rings. The number of carbonyl (C=O) groups is 2. The first-order valence-electron chi connectivity index (χ1n) is 7.28. The third kappa shape index (κ3) is 6.25. The number of nitrogens with one attached hydrogen (secondary N) is 3. The molecule has 0 saturated carbocycles. The maximum Gasteiger partial charge on any atom is 0.255 e. The summed E-state index contributed by atoms with van der Waals surface area (Å²) in [7, 11) is 0. The second-order valence-electron chi connectivity index (χ2n) is 5.21. The molecule has 0 fully saturated rings. The minimum Gasteiger partial charge on any atom is -0.369 e. The van der Waals surface area contributed by atoms with E-state index >= 15 is 0 Å². The van der Waals surface area contributed by atoms with Gasteiger partial charge in [-0.05, 0) is 24.5 Å². The maximum absolute atomic E-state index is 12.1. The van der Waals surface area contributed by atoms with E-state index in [-0.39, 0.29) is 18.4 Å². The fourth-order valence-corrected chi connectivity index (χ4v) is 1.61. The summed E-state index contributed by atoms with van der Waals surface area (Å²) in [4.78, 5) is 27.8. The van der Waals surface area contributed by atoms with E-state index in [0.717, 1.165) is 13.0 Å². The van der Waals surface area contributed by atoms with Crippen molar-refractivity contribution in [2.45, 2.75) is 27.2 Å². The Bertz CT molecular complexity index is 474. The lowest BCUT2D eigenvalue weighted by atomic mass is 10.2. The molecule has 1 rings (SSSR count). The largest absolute Gasteiger partial charge is 0.369 e. The molecule has 6 nitrogen and oxygen atoms in total. The predicted octanol–water partition coefficient (Wildman–Crippen LogP) is 1.41. The van der Waals surface area contributed by atoms with Gasteiger partial charge >= 0.3 is 0 Å². The molecule has 3 N–H and O–H groups in total. The van der Waals surface area contributed by atoms with Gasteiger partial charge in [-0.1, -0.05) is 20.8 Å². The molecule has 2 amide bonds. The highest BCUT2D eigenvalue weighted by Gasteiger charge is 2.12. The van der Waals surface area contributed by atoms with Crippen molar-refractivity contribution < 1.29 is 9.59 Å². The second-order valence-corrected chi connectivity index (χ2v) is 5.21. The molecule has 0 spiro atoms. The van der Waals surface area contributed by atoms with E-state index in [1.54, 1.807) is 18.3 Å². The van der Waals surface area contributed by atoms with Gasteiger partial charge in [0.25, 0.3) is 5.91 Å². The van der Waals surface area contributed by atoms with Crippen LogP contribution in [0.15, 0.2) is 18.3 Å². The number of rotatable bonds is 8. The SMILES string of the molecule is CCCNc1ncccc1C(=O)NCC(=O)NCC(C)C. The number of aromatic nitrogens is 1. The topological polar surface area (TPSA) is 83.1 Å². The van der Waals surface area contributed by atoms with Crippen LogP contribution in [0.4, 0.5) is 5.82 Å². The van der Waals surface area contributed by atoms with Gasteiger partial charge in [-0.25, -0.2) is 4.98 Å². The van der Waals surface area contributed by atoms with Gasteiger partial charge in [0.2, 0.25) is 5.91 Å². The highest BCUT2D eigenvalue weighted by atomic mass is 16.2. The zero-order chi connectivity index (χ0) is 15.7. The van der Waals surface area contributed by atoms with Crippen LogP contribution in [0.25, 0.3) is 0 Å². The molecule has 0 saturated heterocycles. The molecule has 6 heteroatoms. The Labute approximate surface area is 125 Å². The van der Waals surface area contributed by atoms with Crippen LogP contribution in [0.3, 0.4) is 0 Å². The van der Waals surface area contributed by atoms with Crippen molar-refractivity contribution in [2.75, 3.05) is 25.0 Å². The summed E-state index contributed by atoms with van der Waals surface area (Å²) in [6.07, 6.45) is 2.57. The second kappa shape index (κ2) is 8.94. The molecule has 1 aromatic heterocycles. The van der Waals surface area contributed by atoms with Crippen LogP contribution in [0.5, 0.6) is 0 Å². The Kier molecular flexibility index (Phi) is 7.21. The van der Waals surface area contributed by atoms with E-state index in [2.05, 4.69) is 20.9 Å². The molecule has 21 heavy (non-hydrogen) atoms. The summed E-state index contributed by atoms with van der Waals surface area (Å²) in [5.74, 6) is 0.428.